The normalized spacial score (nSPS) is 17.2. The van der Waals surface area contributed by atoms with E-state index in [1.54, 1.807) is 19.3 Å². The molecule has 0 fully saturated rings. The van der Waals surface area contributed by atoms with E-state index >= 15 is 0 Å². The van der Waals surface area contributed by atoms with Crippen LogP contribution in [0.5, 0.6) is 5.75 Å². The summed E-state index contributed by atoms with van der Waals surface area (Å²) in [5, 5.41) is 16.4. The number of fused-ring (bicyclic) bond motifs is 1. The van der Waals surface area contributed by atoms with Crippen molar-refractivity contribution in [2.45, 2.75) is 33.6 Å². The SMILES string of the molecule is CCCC1=NN2C(=N)/C(=C\c3cc(C)n(-c4cc(Cl)ccc4OC)c3C)C(=O)N=C2S1. The van der Waals surface area contributed by atoms with Gasteiger partial charge in [-0.2, -0.15) is 15.1 Å². The number of hydrogen-bond donors (Lipinski definition) is 1. The largest absolute Gasteiger partial charge is 0.495 e. The molecule has 0 saturated heterocycles. The van der Waals surface area contributed by atoms with E-state index < -0.39 is 5.91 Å². The maximum absolute atomic E-state index is 12.7. The van der Waals surface area contributed by atoms with Crippen molar-refractivity contribution in [1.29, 1.82) is 5.41 Å². The summed E-state index contributed by atoms with van der Waals surface area (Å²) in [4.78, 5) is 16.9. The summed E-state index contributed by atoms with van der Waals surface area (Å²) in [6, 6.07) is 7.40. The van der Waals surface area contributed by atoms with Crippen molar-refractivity contribution in [3.63, 3.8) is 0 Å². The molecule has 9 heteroatoms. The predicted molar refractivity (Wildman–Crippen MR) is 127 cm³/mol. The Morgan fingerprint density at radius 3 is 2.77 bits per heavy atom. The topological polar surface area (TPSA) is 83.0 Å². The number of carbonyl (C=O) groups is 1. The van der Waals surface area contributed by atoms with Crippen molar-refractivity contribution in [2.75, 3.05) is 7.11 Å². The van der Waals surface area contributed by atoms with Gasteiger partial charge in [0.2, 0.25) is 5.17 Å². The average Bonchev–Trinajstić information content (AvgIpc) is 3.25. The van der Waals surface area contributed by atoms with E-state index in [2.05, 4.69) is 17.0 Å². The van der Waals surface area contributed by atoms with Crippen molar-refractivity contribution in [3.8, 4) is 11.4 Å². The molecule has 0 spiro atoms. The molecule has 2 aliphatic heterocycles. The predicted octanol–water partition coefficient (Wildman–Crippen LogP) is 5.18. The van der Waals surface area contributed by atoms with E-state index in [1.165, 1.54) is 16.8 Å². The second-order valence-electron chi connectivity index (χ2n) is 7.24. The summed E-state index contributed by atoms with van der Waals surface area (Å²) in [7, 11) is 1.61. The molecule has 31 heavy (non-hydrogen) atoms. The number of hydrogen-bond acceptors (Lipinski definition) is 5. The maximum Gasteiger partial charge on any atom is 0.283 e. The van der Waals surface area contributed by atoms with Gasteiger partial charge in [-0.1, -0.05) is 18.5 Å². The lowest BCUT2D eigenvalue weighted by Gasteiger charge is -2.20. The molecule has 4 rings (SSSR count). The summed E-state index contributed by atoms with van der Waals surface area (Å²) in [6.45, 7) is 5.99. The van der Waals surface area contributed by atoms with Crippen molar-refractivity contribution >= 4 is 51.4 Å². The van der Waals surface area contributed by atoms with Gasteiger partial charge in [0.25, 0.3) is 5.91 Å². The van der Waals surface area contributed by atoms with Crippen LogP contribution in [0.25, 0.3) is 11.8 Å². The lowest BCUT2D eigenvalue weighted by molar-refractivity contribution is -0.114. The molecular weight excluding hydrogens is 434 g/mol. The fourth-order valence-electron chi connectivity index (χ4n) is 3.64. The molecule has 2 aliphatic rings. The molecule has 0 aliphatic carbocycles. The number of methoxy groups -OCH3 is 1. The highest BCUT2D eigenvalue weighted by Crippen LogP contribution is 2.33. The molecule has 1 N–H and O–H groups in total. The van der Waals surface area contributed by atoms with Gasteiger partial charge in [0.15, 0.2) is 5.84 Å². The number of carbonyl (C=O) groups excluding carboxylic acids is 1. The van der Waals surface area contributed by atoms with Gasteiger partial charge in [0, 0.05) is 16.4 Å². The minimum Gasteiger partial charge on any atom is -0.495 e. The first kappa shape index (κ1) is 21.4. The first-order valence-electron chi connectivity index (χ1n) is 9.86. The number of amidine groups is 2. The quantitative estimate of drug-likeness (QED) is 0.630. The van der Waals surface area contributed by atoms with Gasteiger partial charge in [-0.3, -0.25) is 10.2 Å². The second kappa shape index (κ2) is 8.36. The summed E-state index contributed by atoms with van der Waals surface area (Å²) in [5.41, 5.74) is 3.68. The number of rotatable bonds is 5. The lowest BCUT2D eigenvalue weighted by atomic mass is 10.1. The van der Waals surface area contributed by atoms with Gasteiger partial charge in [0.1, 0.15) is 10.8 Å². The number of aryl methyl sites for hydroxylation is 1. The van der Waals surface area contributed by atoms with Crippen LogP contribution in [-0.2, 0) is 4.79 Å². The Balaban J connectivity index is 1.76. The van der Waals surface area contributed by atoms with Crippen LogP contribution in [0.4, 0.5) is 0 Å². The average molecular weight is 456 g/mol. The number of halogens is 1. The number of hydrazone groups is 1. The number of benzene rings is 1. The summed E-state index contributed by atoms with van der Waals surface area (Å²) < 4.78 is 7.53. The molecule has 2 aromatic rings. The Hall–Kier alpha value is -2.84. The zero-order valence-corrected chi connectivity index (χ0v) is 19.3. The molecular formula is C22H22ClN5O2S. The van der Waals surface area contributed by atoms with E-state index in [1.807, 2.05) is 36.6 Å². The first-order valence-corrected chi connectivity index (χ1v) is 11.1. The van der Waals surface area contributed by atoms with Gasteiger partial charge in [-0.05, 0) is 74.4 Å². The minimum absolute atomic E-state index is 0.0405. The molecule has 1 amide bonds. The van der Waals surface area contributed by atoms with Crippen LogP contribution in [0.2, 0.25) is 5.02 Å². The van der Waals surface area contributed by atoms with E-state index in [0.29, 0.717) is 15.9 Å². The number of nitrogens with one attached hydrogen (secondary N) is 1. The molecule has 0 saturated carbocycles. The third-order valence-electron chi connectivity index (χ3n) is 5.11. The highest BCUT2D eigenvalue weighted by atomic mass is 35.5. The number of aliphatic imine (C=N–C) groups is 1. The monoisotopic (exact) mass is 455 g/mol. The van der Waals surface area contributed by atoms with E-state index in [-0.39, 0.29) is 11.4 Å². The fourth-order valence-corrected chi connectivity index (χ4v) is 4.80. The zero-order chi connectivity index (χ0) is 22.3. The van der Waals surface area contributed by atoms with Crippen molar-refractivity contribution in [3.05, 3.63) is 51.8 Å². The maximum atomic E-state index is 12.7. The number of amides is 1. The third kappa shape index (κ3) is 3.81. The summed E-state index contributed by atoms with van der Waals surface area (Å²) in [5.74, 6) is 0.300. The van der Waals surface area contributed by atoms with Crippen LogP contribution in [0.1, 0.15) is 36.7 Å². The molecule has 160 valence electrons. The molecule has 1 aromatic carbocycles. The van der Waals surface area contributed by atoms with E-state index in [9.17, 15) is 4.79 Å². The van der Waals surface area contributed by atoms with Gasteiger partial charge >= 0.3 is 0 Å². The number of ether oxygens (including phenoxy) is 1. The Labute approximate surface area is 189 Å². The zero-order valence-electron chi connectivity index (χ0n) is 17.7. The van der Waals surface area contributed by atoms with E-state index in [0.717, 1.165) is 40.5 Å². The first-order chi connectivity index (χ1) is 14.8. The Kier molecular flexibility index (Phi) is 5.77. The Morgan fingerprint density at radius 1 is 1.29 bits per heavy atom. The van der Waals surface area contributed by atoms with Crippen LogP contribution >= 0.6 is 23.4 Å². The van der Waals surface area contributed by atoms with Crippen molar-refractivity contribution in [2.24, 2.45) is 10.1 Å². The van der Waals surface area contributed by atoms with Crippen LogP contribution < -0.4 is 4.74 Å². The van der Waals surface area contributed by atoms with Crippen molar-refractivity contribution in [1.82, 2.24) is 9.58 Å². The second-order valence-corrected chi connectivity index (χ2v) is 8.72. The fraction of sp³-hybridized carbons (Fsp3) is 0.273. The molecule has 0 radical (unpaired) electrons. The van der Waals surface area contributed by atoms with E-state index in [4.69, 9.17) is 21.7 Å². The Morgan fingerprint density at radius 2 is 2.06 bits per heavy atom. The lowest BCUT2D eigenvalue weighted by Crippen LogP contribution is -2.35. The molecule has 0 atom stereocenters. The minimum atomic E-state index is -0.429. The summed E-state index contributed by atoms with van der Waals surface area (Å²) in [6.07, 6.45) is 3.44. The number of aromatic nitrogens is 1. The van der Waals surface area contributed by atoms with Gasteiger partial charge < -0.3 is 9.30 Å². The third-order valence-corrected chi connectivity index (χ3v) is 6.32. The smallest absolute Gasteiger partial charge is 0.283 e. The van der Waals surface area contributed by atoms with Crippen LogP contribution in [-0.4, -0.2) is 38.6 Å². The van der Waals surface area contributed by atoms with Crippen LogP contribution in [0.3, 0.4) is 0 Å². The highest BCUT2D eigenvalue weighted by Gasteiger charge is 2.35. The molecule has 3 heterocycles. The summed E-state index contributed by atoms with van der Waals surface area (Å²) >= 11 is 7.58. The molecule has 0 bridgehead atoms. The molecule has 7 nitrogen and oxygen atoms in total. The standard InChI is InChI=1S/C22H22ClN5O2S/c1-5-6-19-26-28-20(24)16(21(29)25-22(28)31-19)10-14-9-12(2)27(13(14)3)17-11-15(23)7-8-18(17)30-4/h7-11,24H,5-6H2,1-4H3/b16-10+,24-20?. The highest BCUT2D eigenvalue weighted by molar-refractivity contribution is 8.26. The van der Waals surface area contributed by atoms with Gasteiger partial charge in [-0.25, -0.2) is 0 Å². The molecule has 1 aromatic heterocycles. The van der Waals surface area contributed by atoms with Gasteiger partial charge in [0.05, 0.1) is 18.4 Å². The molecule has 0 unspecified atom stereocenters. The Bertz CT molecular complexity index is 1190. The van der Waals surface area contributed by atoms with Crippen LogP contribution in [0.15, 0.2) is 39.9 Å². The van der Waals surface area contributed by atoms with Crippen molar-refractivity contribution < 1.29 is 9.53 Å². The van der Waals surface area contributed by atoms with Gasteiger partial charge in [-0.15, -0.1) is 0 Å². The number of nitrogens with zero attached hydrogens (tertiary/aromatic N) is 4. The van der Waals surface area contributed by atoms with Crippen LogP contribution in [0, 0.1) is 19.3 Å². The number of thioether (sulfide) groups is 1.